The quantitative estimate of drug-likeness (QED) is 0.720. The highest BCUT2D eigenvalue weighted by molar-refractivity contribution is 5.99. The van der Waals surface area contributed by atoms with Gasteiger partial charge in [0, 0.05) is 18.0 Å². The second-order valence-electron chi connectivity index (χ2n) is 6.70. The molecule has 0 aromatic heterocycles. The molecule has 6 heteroatoms. The van der Waals surface area contributed by atoms with E-state index in [0.717, 1.165) is 30.7 Å². The lowest BCUT2D eigenvalue weighted by atomic mass is 10.1. The molecule has 0 radical (unpaired) electrons. The van der Waals surface area contributed by atoms with E-state index in [4.69, 9.17) is 4.74 Å². The molecule has 2 atom stereocenters. The van der Waals surface area contributed by atoms with Crippen LogP contribution in [0.15, 0.2) is 54.6 Å². The highest BCUT2D eigenvalue weighted by atomic mass is 16.5. The number of urea groups is 1. The molecule has 2 unspecified atom stereocenters. The second kappa shape index (κ2) is 9.19. The maximum atomic E-state index is 12.1. The summed E-state index contributed by atoms with van der Waals surface area (Å²) in [5.41, 5.74) is 2.39. The minimum absolute atomic E-state index is 0.00107. The Bertz CT molecular complexity index is 756. The van der Waals surface area contributed by atoms with Crippen molar-refractivity contribution in [2.45, 2.75) is 38.3 Å². The van der Waals surface area contributed by atoms with Crippen molar-refractivity contribution in [3.05, 3.63) is 60.2 Å². The topological polar surface area (TPSA) is 79.5 Å². The van der Waals surface area contributed by atoms with Crippen LogP contribution in [0.1, 0.15) is 37.8 Å². The summed E-state index contributed by atoms with van der Waals surface area (Å²) in [5.74, 6) is -0.00107. The third kappa shape index (κ3) is 5.82. The molecule has 6 nitrogen and oxygen atoms in total. The van der Waals surface area contributed by atoms with Crippen molar-refractivity contribution in [1.82, 2.24) is 5.32 Å². The summed E-state index contributed by atoms with van der Waals surface area (Å²) < 4.78 is 5.50. The van der Waals surface area contributed by atoms with E-state index in [1.165, 1.54) is 0 Å². The molecule has 0 aliphatic carbocycles. The molecular formula is C21H25N3O3. The normalized spacial score (nSPS) is 17.1. The molecule has 0 bridgehead atoms. The third-order valence-corrected chi connectivity index (χ3v) is 4.51. The number of amides is 3. The molecule has 0 spiro atoms. The van der Waals surface area contributed by atoms with Gasteiger partial charge in [0.15, 0.2) is 0 Å². The van der Waals surface area contributed by atoms with Crippen molar-refractivity contribution >= 4 is 23.3 Å². The van der Waals surface area contributed by atoms with Gasteiger partial charge in [0.25, 0.3) is 0 Å². The van der Waals surface area contributed by atoms with Crippen LogP contribution in [-0.2, 0) is 9.53 Å². The number of benzene rings is 2. The maximum absolute atomic E-state index is 12.1. The Hall–Kier alpha value is -2.86. The van der Waals surface area contributed by atoms with E-state index in [-0.39, 0.29) is 24.1 Å². The number of anilines is 2. The van der Waals surface area contributed by atoms with Crippen LogP contribution < -0.4 is 16.0 Å². The lowest BCUT2D eigenvalue weighted by Crippen LogP contribution is -2.29. The Kier molecular flexibility index (Phi) is 6.44. The van der Waals surface area contributed by atoms with E-state index in [1.807, 2.05) is 61.5 Å². The van der Waals surface area contributed by atoms with Crippen LogP contribution in [0, 0.1) is 0 Å². The Labute approximate surface area is 159 Å². The average molecular weight is 367 g/mol. The van der Waals surface area contributed by atoms with Gasteiger partial charge in [0.2, 0.25) is 5.91 Å². The minimum atomic E-state index is -0.299. The van der Waals surface area contributed by atoms with Crippen LogP contribution in [0.2, 0.25) is 0 Å². The molecule has 1 saturated heterocycles. The van der Waals surface area contributed by atoms with Crippen molar-refractivity contribution in [2.75, 3.05) is 17.2 Å². The number of hydrogen-bond acceptors (Lipinski definition) is 3. The fourth-order valence-corrected chi connectivity index (χ4v) is 3.07. The fraction of sp³-hybridized carbons (Fsp3) is 0.333. The summed E-state index contributed by atoms with van der Waals surface area (Å²) in [7, 11) is 0. The van der Waals surface area contributed by atoms with Crippen LogP contribution in [0.25, 0.3) is 0 Å². The second-order valence-corrected chi connectivity index (χ2v) is 6.70. The Morgan fingerprint density at radius 2 is 1.70 bits per heavy atom. The van der Waals surface area contributed by atoms with Gasteiger partial charge in [-0.2, -0.15) is 0 Å². The zero-order valence-electron chi connectivity index (χ0n) is 15.4. The average Bonchev–Trinajstić information content (AvgIpc) is 3.15. The van der Waals surface area contributed by atoms with Crippen molar-refractivity contribution in [3.63, 3.8) is 0 Å². The standard InChI is InChI=1S/C21H25N3O3/c1-15(22-20(25)14-19-8-5-13-27-19)16-9-11-18(12-10-16)24-21(26)23-17-6-3-2-4-7-17/h2-4,6-7,9-12,15,19H,5,8,13-14H2,1H3,(H,22,25)(H2,23,24,26). The van der Waals surface area contributed by atoms with Crippen LogP contribution in [0.5, 0.6) is 0 Å². The van der Waals surface area contributed by atoms with Crippen molar-refractivity contribution in [3.8, 4) is 0 Å². The smallest absolute Gasteiger partial charge is 0.323 e. The molecule has 142 valence electrons. The van der Waals surface area contributed by atoms with Gasteiger partial charge in [-0.05, 0) is 49.6 Å². The van der Waals surface area contributed by atoms with E-state index in [1.54, 1.807) is 0 Å². The zero-order chi connectivity index (χ0) is 19.1. The summed E-state index contributed by atoms with van der Waals surface area (Å²) in [6.07, 6.45) is 2.43. The highest BCUT2D eigenvalue weighted by Crippen LogP contribution is 2.19. The first kappa shape index (κ1) is 18.9. The Balaban J connectivity index is 1.48. The summed E-state index contributed by atoms with van der Waals surface area (Å²) in [5, 5.41) is 8.56. The number of rotatable bonds is 6. The highest BCUT2D eigenvalue weighted by Gasteiger charge is 2.20. The van der Waals surface area contributed by atoms with Gasteiger partial charge in [-0.15, -0.1) is 0 Å². The molecule has 1 aliphatic rings. The predicted molar refractivity (Wildman–Crippen MR) is 106 cm³/mol. The molecule has 1 fully saturated rings. The fourth-order valence-electron chi connectivity index (χ4n) is 3.07. The predicted octanol–water partition coefficient (Wildman–Crippen LogP) is 4.08. The van der Waals surface area contributed by atoms with E-state index in [0.29, 0.717) is 12.1 Å². The van der Waals surface area contributed by atoms with E-state index in [9.17, 15) is 9.59 Å². The summed E-state index contributed by atoms with van der Waals surface area (Å²) in [6.45, 7) is 2.69. The van der Waals surface area contributed by atoms with Gasteiger partial charge < -0.3 is 20.7 Å². The van der Waals surface area contributed by atoms with Gasteiger partial charge in [0.05, 0.1) is 18.6 Å². The first-order valence-electron chi connectivity index (χ1n) is 9.24. The number of carbonyl (C=O) groups excluding carboxylic acids is 2. The number of hydrogen-bond donors (Lipinski definition) is 3. The lowest BCUT2D eigenvalue weighted by Gasteiger charge is -2.16. The van der Waals surface area contributed by atoms with Crippen molar-refractivity contribution < 1.29 is 14.3 Å². The molecule has 3 rings (SSSR count). The van der Waals surface area contributed by atoms with Crippen LogP contribution in [0.3, 0.4) is 0 Å². The molecule has 1 aliphatic heterocycles. The molecule has 3 N–H and O–H groups in total. The van der Waals surface area contributed by atoms with Gasteiger partial charge in [-0.25, -0.2) is 4.79 Å². The zero-order valence-corrected chi connectivity index (χ0v) is 15.4. The number of ether oxygens (including phenoxy) is 1. The van der Waals surface area contributed by atoms with Crippen LogP contribution in [-0.4, -0.2) is 24.6 Å². The van der Waals surface area contributed by atoms with E-state index in [2.05, 4.69) is 16.0 Å². The SMILES string of the molecule is CC(NC(=O)CC1CCCO1)c1ccc(NC(=O)Nc2ccccc2)cc1. The van der Waals surface area contributed by atoms with Gasteiger partial charge in [-0.1, -0.05) is 30.3 Å². The third-order valence-electron chi connectivity index (χ3n) is 4.51. The maximum Gasteiger partial charge on any atom is 0.323 e. The summed E-state index contributed by atoms with van der Waals surface area (Å²) in [4.78, 5) is 24.1. The monoisotopic (exact) mass is 367 g/mol. The van der Waals surface area contributed by atoms with E-state index >= 15 is 0 Å². The molecule has 2 aromatic carbocycles. The lowest BCUT2D eigenvalue weighted by molar-refractivity contribution is -0.123. The summed E-state index contributed by atoms with van der Waals surface area (Å²) in [6, 6.07) is 16.3. The molecule has 1 heterocycles. The molecular weight excluding hydrogens is 342 g/mol. The number of nitrogens with one attached hydrogen (secondary N) is 3. The van der Waals surface area contributed by atoms with Crippen LogP contribution >= 0.6 is 0 Å². The summed E-state index contributed by atoms with van der Waals surface area (Å²) >= 11 is 0. The van der Waals surface area contributed by atoms with Gasteiger partial charge in [-0.3, -0.25) is 4.79 Å². The van der Waals surface area contributed by atoms with Crippen LogP contribution in [0.4, 0.5) is 16.2 Å². The largest absolute Gasteiger partial charge is 0.378 e. The first-order chi connectivity index (χ1) is 13.1. The number of para-hydroxylation sites is 1. The molecule has 2 aromatic rings. The van der Waals surface area contributed by atoms with Gasteiger partial charge >= 0.3 is 6.03 Å². The number of carbonyl (C=O) groups is 2. The minimum Gasteiger partial charge on any atom is -0.378 e. The molecule has 0 saturated carbocycles. The Morgan fingerprint density at radius 3 is 2.33 bits per heavy atom. The molecule has 27 heavy (non-hydrogen) atoms. The van der Waals surface area contributed by atoms with Gasteiger partial charge in [0.1, 0.15) is 0 Å². The van der Waals surface area contributed by atoms with Crippen molar-refractivity contribution in [1.29, 1.82) is 0 Å². The van der Waals surface area contributed by atoms with Crippen molar-refractivity contribution in [2.24, 2.45) is 0 Å². The first-order valence-corrected chi connectivity index (χ1v) is 9.24. The molecule has 3 amide bonds. The Morgan fingerprint density at radius 1 is 1.04 bits per heavy atom. The van der Waals surface area contributed by atoms with E-state index < -0.39 is 0 Å².